The zero-order valence-corrected chi connectivity index (χ0v) is 17.6. The van der Waals surface area contributed by atoms with Crippen molar-refractivity contribution in [3.8, 4) is 11.5 Å². The van der Waals surface area contributed by atoms with E-state index in [-0.39, 0.29) is 23.4 Å². The number of alkyl halides is 3. The van der Waals surface area contributed by atoms with E-state index in [0.717, 1.165) is 29.2 Å². The summed E-state index contributed by atoms with van der Waals surface area (Å²) in [5, 5.41) is 12.8. The maximum Gasteiger partial charge on any atom is 0.418 e. The number of ether oxygens (including phenoxy) is 2. The number of amides is 2. The largest absolute Gasteiger partial charge is 0.454 e. The lowest BCUT2D eigenvalue weighted by Crippen LogP contribution is -2.18. The first kappa shape index (κ1) is 21.9. The fraction of sp³-hybridized carbons (Fsp3) is 0.158. The molecule has 1 aliphatic heterocycles. The molecule has 0 aliphatic carbocycles. The highest BCUT2D eigenvalue weighted by atomic mass is 32.2. The van der Waals surface area contributed by atoms with Crippen molar-refractivity contribution in [3.63, 3.8) is 0 Å². The standard InChI is InChI=1S/C19H13F3N4O4S2/c20-19(21,22)11-3-1-2-4-12(11)23-15(27)8-31-18-26-25-17(32-18)24-16(28)10-5-6-13-14(7-10)30-9-29-13/h1-7H,8-9H2,(H,23,27)(H,24,25,28). The van der Waals surface area contributed by atoms with E-state index in [9.17, 15) is 22.8 Å². The fourth-order valence-electron chi connectivity index (χ4n) is 2.68. The number of rotatable bonds is 6. The number of anilines is 2. The van der Waals surface area contributed by atoms with Crippen molar-refractivity contribution in [1.82, 2.24) is 10.2 Å². The summed E-state index contributed by atoms with van der Waals surface area (Å²) in [6.45, 7) is 0.0900. The number of halogens is 3. The Morgan fingerprint density at radius 1 is 1.06 bits per heavy atom. The van der Waals surface area contributed by atoms with Crippen molar-refractivity contribution in [1.29, 1.82) is 0 Å². The molecule has 1 aromatic heterocycles. The van der Waals surface area contributed by atoms with Crippen molar-refractivity contribution < 1.29 is 32.2 Å². The van der Waals surface area contributed by atoms with Gasteiger partial charge < -0.3 is 14.8 Å². The maximum absolute atomic E-state index is 13.0. The molecule has 0 unspecified atom stereocenters. The van der Waals surface area contributed by atoms with Crippen LogP contribution in [-0.4, -0.2) is 34.6 Å². The van der Waals surface area contributed by atoms with E-state index in [1.165, 1.54) is 24.3 Å². The van der Waals surface area contributed by atoms with Gasteiger partial charge in [-0.15, -0.1) is 10.2 Å². The molecule has 2 aromatic carbocycles. The van der Waals surface area contributed by atoms with E-state index in [1.807, 2.05) is 0 Å². The van der Waals surface area contributed by atoms with Crippen LogP contribution >= 0.6 is 23.1 Å². The van der Waals surface area contributed by atoms with Crippen LogP contribution in [0.2, 0.25) is 0 Å². The van der Waals surface area contributed by atoms with Crippen molar-refractivity contribution in [2.24, 2.45) is 0 Å². The molecule has 2 heterocycles. The van der Waals surface area contributed by atoms with Gasteiger partial charge in [0.15, 0.2) is 15.8 Å². The Balaban J connectivity index is 1.32. The van der Waals surface area contributed by atoms with Crippen LogP contribution in [0, 0.1) is 0 Å². The minimum absolute atomic E-state index is 0.0900. The highest BCUT2D eigenvalue weighted by molar-refractivity contribution is 8.01. The van der Waals surface area contributed by atoms with Crippen molar-refractivity contribution >= 4 is 45.7 Å². The summed E-state index contributed by atoms with van der Waals surface area (Å²) in [6, 6.07) is 9.45. The number of thioether (sulfide) groups is 1. The number of benzene rings is 2. The number of para-hydroxylation sites is 1. The number of carbonyl (C=O) groups excluding carboxylic acids is 2. The van der Waals surface area contributed by atoms with Gasteiger partial charge >= 0.3 is 6.18 Å². The Kier molecular flexibility index (Phi) is 6.19. The molecule has 8 nitrogen and oxygen atoms in total. The molecule has 1 aliphatic rings. The van der Waals surface area contributed by atoms with Gasteiger partial charge in [-0.05, 0) is 30.3 Å². The van der Waals surface area contributed by atoms with E-state index in [2.05, 4.69) is 20.8 Å². The number of fused-ring (bicyclic) bond motifs is 1. The molecule has 4 rings (SSSR count). The first-order valence-electron chi connectivity index (χ1n) is 8.93. The highest BCUT2D eigenvalue weighted by Gasteiger charge is 2.33. The molecule has 0 saturated heterocycles. The summed E-state index contributed by atoms with van der Waals surface area (Å²) in [4.78, 5) is 24.5. The molecule has 3 aromatic rings. The maximum atomic E-state index is 13.0. The summed E-state index contributed by atoms with van der Waals surface area (Å²) in [5.41, 5.74) is -0.913. The lowest BCUT2D eigenvalue weighted by Gasteiger charge is -2.13. The monoisotopic (exact) mass is 482 g/mol. The molecule has 2 N–H and O–H groups in total. The first-order chi connectivity index (χ1) is 15.3. The highest BCUT2D eigenvalue weighted by Crippen LogP contribution is 2.35. The minimum Gasteiger partial charge on any atom is -0.454 e. The predicted octanol–water partition coefficient (Wildman–Crippen LogP) is 4.27. The number of nitrogens with zero attached hydrogens (tertiary/aromatic N) is 2. The Morgan fingerprint density at radius 3 is 2.66 bits per heavy atom. The summed E-state index contributed by atoms with van der Waals surface area (Å²) < 4.78 is 49.9. The molecule has 0 atom stereocenters. The quantitative estimate of drug-likeness (QED) is 0.400. The van der Waals surface area contributed by atoms with E-state index in [4.69, 9.17) is 9.47 Å². The molecular weight excluding hydrogens is 469 g/mol. The van der Waals surface area contributed by atoms with Crippen LogP contribution in [0.4, 0.5) is 24.0 Å². The molecule has 2 amide bonds. The number of nitrogens with one attached hydrogen (secondary N) is 2. The average Bonchev–Trinajstić information content (AvgIpc) is 3.40. The Morgan fingerprint density at radius 2 is 1.84 bits per heavy atom. The third kappa shape index (κ3) is 5.11. The number of hydrogen-bond acceptors (Lipinski definition) is 8. The molecule has 0 spiro atoms. The molecule has 13 heteroatoms. The molecular formula is C19H13F3N4O4S2. The predicted molar refractivity (Wildman–Crippen MR) is 111 cm³/mol. The molecule has 32 heavy (non-hydrogen) atoms. The van der Waals surface area contributed by atoms with Crippen LogP contribution in [0.3, 0.4) is 0 Å². The first-order valence-corrected chi connectivity index (χ1v) is 10.7. The van der Waals surface area contributed by atoms with Crippen LogP contribution in [-0.2, 0) is 11.0 Å². The third-order valence-electron chi connectivity index (χ3n) is 4.09. The zero-order chi connectivity index (χ0) is 22.7. The number of hydrogen-bond donors (Lipinski definition) is 2. The van der Waals surface area contributed by atoms with Gasteiger partial charge in [-0.25, -0.2) is 0 Å². The molecule has 166 valence electrons. The molecule has 0 bridgehead atoms. The van der Waals surface area contributed by atoms with Gasteiger partial charge in [0.05, 0.1) is 17.0 Å². The zero-order valence-electron chi connectivity index (χ0n) is 15.9. The average molecular weight is 482 g/mol. The van der Waals surface area contributed by atoms with E-state index < -0.39 is 23.6 Å². The second-order valence-corrected chi connectivity index (χ2v) is 8.48. The van der Waals surface area contributed by atoms with Crippen LogP contribution < -0.4 is 20.1 Å². The van der Waals surface area contributed by atoms with E-state index >= 15 is 0 Å². The van der Waals surface area contributed by atoms with Gasteiger partial charge in [0.25, 0.3) is 5.91 Å². The lowest BCUT2D eigenvalue weighted by atomic mass is 10.1. The molecule has 0 radical (unpaired) electrons. The van der Waals surface area contributed by atoms with Crippen LogP contribution in [0.25, 0.3) is 0 Å². The van der Waals surface area contributed by atoms with Crippen LogP contribution in [0.1, 0.15) is 15.9 Å². The minimum atomic E-state index is -4.58. The van der Waals surface area contributed by atoms with Gasteiger partial charge in [0.1, 0.15) is 0 Å². The summed E-state index contributed by atoms with van der Waals surface area (Å²) in [7, 11) is 0. The van der Waals surface area contributed by atoms with Crippen LogP contribution in [0.5, 0.6) is 11.5 Å². The third-order valence-corrected chi connectivity index (χ3v) is 6.07. The van der Waals surface area contributed by atoms with Gasteiger partial charge in [-0.3, -0.25) is 14.9 Å². The summed E-state index contributed by atoms with van der Waals surface area (Å²) in [6.07, 6.45) is -4.58. The van der Waals surface area contributed by atoms with Crippen molar-refractivity contribution in [2.45, 2.75) is 10.5 Å². The van der Waals surface area contributed by atoms with Gasteiger partial charge in [0.2, 0.25) is 17.8 Å². The normalized spacial score (nSPS) is 12.5. The van der Waals surface area contributed by atoms with Gasteiger partial charge in [-0.1, -0.05) is 35.2 Å². The second kappa shape index (κ2) is 9.04. The SMILES string of the molecule is O=C(CSc1nnc(NC(=O)c2ccc3c(c2)OCO3)s1)Nc1ccccc1C(F)(F)F. The van der Waals surface area contributed by atoms with Crippen LogP contribution in [0.15, 0.2) is 46.8 Å². The van der Waals surface area contributed by atoms with Gasteiger partial charge in [0, 0.05) is 5.56 Å². The Hall–Kier alpha value is -3.32. The second-order valence-electron chi connectivity index (χ2n) is 6.28. The van der Waals surface area contributed by atoms with E-state index in [1.54, 1.807) is 12.1 Å². The molecule has 0 fully saturated rings. The van der Waals surface area contributed by atoms with Crippen molar-refractivity contribution in [3.05, 3.63) is 53.6 Å². The van der Waals surface area contributed by atoms with Gasteiger partial charge in [-0.2, -0.15) is 13.2 Å². The summed E-state index contributed by atoms with van der Waals surface area (Å²) >= 11 is 2.01. The van der Waals surface area contributed by atoms with Crippen molar-refractivity contribution in [2.75, 3.05) is 23.2 Å². The fourth-order valence-corrected chi connectivity index (χ4v) is 4.23. The smallest absolute Gasteiger partial charge is 0.418 e. The number of carbonyl (C=O) groups is 2. The Labute approximate surface area is 187 Å². The lowest BCUT2D eigenvalue weighted by molar-refractivity contribution is -0.137. The van der Waals surface area contributed by atoms with E-state index in [0.29, 0.717) is 21.4 Å². The Bertz CT molecular complexity index is 1170. The summed E-state index contributed by atoms with van der Waals surface area (Å²) in [5.74, 6) is -0.237. The number of aromatic nitrogens is 2. The topological polar surface area (TPSA) is 102 Å². The molecule has 0 saturated carbocycles.